The van der Waals surface area contributed by atoms with Gasteiger partial charge in [-0.2, -0.15) is 0 Å². The van der Waals surface area contributed by atoms with Gasteiger partial charge in [0.25, 0.3) is 0 Å². The molecule has 0 heterocycles. The third-order valence-electron chi connectivity index (χ3n) is 4.02. The lowest BCUT2D eigenvalue weighted by Gasteiger charge is -2.18. The summed E-state index contributed by atoms with van der Waals surface area (Å²) in [5.74, 6) is 0.930. The average molecular weight is 302 g/mol. The molecule has 1 aliphatic carbocycles. The zero-order valence-electron chi connectivity index (χ0n) is 12.4. The van der Waals surface area contributed by atoms with Crippen LogP contribution in [0.2, 0.25) is 5.02 Å². The first-order valence-corrected chi connectivity index (χ1v) is 7.83. The van der Waals surface area contributed by atoms with E-state index in [1.54, 1.807) is 0 Å². The molecule has 3 rings (SSSR count). The van der Waals surface area contributed by atoms with Gasteiger partial charge in [-0.1, -0.05) is 17.7 Å². The van der Waals surface area contributed by atoms with Crippen molar-refractivity contribution >= 4 is 17.3 Å². The summed E-state index contributed by atoms with van der Waals surface area (Å²) in [6, 6.07) is 12.8. The van der Waals surface area contributed by atoms with Crippen molar-refractivity contribution in [1.82, 2.24) is 0 Å². The van der Waals surface area contributed by atoms with Crippen LogP contribution in [0.3, 0.4) is 0 Å². The highest BCUT2D eigenvalue weighted by molar-refractivity contribution is 6.30. The van der Waals surface area contributed by atoms with Crippen molar-refractivity contribution in [1.29, 1.82) is 0 Å². The number of ether oxygens (including phenoxy) is 1. The van der Waals surface area contributed by atoms with Crippen LogP contribution in [-0.2, 0) is 6.42 Å². The molecule has 0 aromatic heterocycles. The SMILES string of the molecule is CCOc1ccc(NC2CCc3cc(Cl)ccc32)c(C)c1. The van der Waals surface area contributed by atoms with Crippen molar-refractivity contribution in [3.8, 4) is 5.75 Å². The molecule has 110 valence electrons. The first-order valence-electron chi connectivity index (χ1n) is 7.45. The largest absolute Gasteiger partial charge is 0.494 e. The minimum Gasteiger partial charge on any atom is -0.494 e. The maximum atomic E-state index is 6.07. The van der Waals surface area contributed by atoms with Gasteiger partial charge in [0.1, 0.15) is 5.75 Å². The third-order valence-corrected chi connectivity index (χ3v) is 4.26. The first kappa shape index (κ1) is 14.3. The zero-order chi connectivity index (χ0) is 14.8. The van der Waals surface area contributed by atoms with E-state index in [1.807, 2.05) is 19.1 Å². The quantitative estimate of drug-likeness (QED) is 0.843. The molecule has 0 saturated carbocycles. The van der Waals surface area contributed by atoms with Crippen molar-refractivity contribution in [3.63, 3.8) is 0 Å². The van der Waals surface area contributed by atoms with E-state index < -0.39 is 0 Å². The topological polar surface area (TPSA) is 21.3 Å². The predicted molar refractivity (Wildman–Crippen MR) is 88.5 cm³/mol. The predicted octanol–water partition coefficient (Wildman–Crippen LogP) is 5.15. The van der Waals surface area contributed by atoms with Gasteiger partial charge in [0, 0.05) is 10.7 Å². The molecule has 0 amide bonds. The molecule has 2 aromatic carbocycles. The lowest BCUT2D eigenvalue weighted by molar-refractivity contribution is 0.340. The van der Waals surface area contributed by atoms with Gasteiger partial charge >= 0.3 is 0 Å². The fourth-order valence-corrected chi connectivity index (χ4v) is 3.17. The van der Waals surface area contributed by atoms with Crippen molar-refractivity contribution in [2.24, 2.45) is 0 Å². The summed E-state index contributed by atoms with van der Waals surface area (Å²) in [6.45, 7) is 4.81. The summed E-state index contributed by atoms with van der Waals surface area (Å²) in [7, 11) is 0. The molecule has 1 unspecified atom stereocenters. The minimum absolute atomic E-state index is 0.369. The number of hydrogen-bond acceptors (Lipinski definition) is 2. The molecular formula is C18H20ClNO. The number of hydrogen-bond donors (Lipinski definition) is 1. The Morgan fingerprint density at radius 1 is 1.24 bits per heavy atom. The van der Waals surface area contributed by atoms with E-state index >= 15 is 0 Å². The van der Waals surface area contributed by atoms with Crippen LogP contribution in [0, 0.1) is 6.92 Å². The molecule has 2 aromatic rings. The van der Waals surface area contributed by atoms with E-state index in [-0.39, 0.29) is 0 Å². The van der Waals surface area contributed by atoms with Gasteiger partial charge in [0.15, 0.2) is 0 Å². The number of aryl methyl sites for hydroxylation is 2. The van der Waals surface area contributed by atoms with Crippen LogP contribution in [-0.4, -0.2) is 6.61 Å². The monoisotopic (exact) mass is 301 g/mol. The number of nitrogens with one attached hydrogen (secondary N) is 1. The van der Waals surface area contributed by atoms with Crippen LogP contribution < -0.4 is 10.1 Å². The summed E-state index contributed by atoms with van der Waals surface area (Å²) in [4.78, 5) is 0. The molecule has 0 radical (unpaired) electrons. The van der Waals surface area contributed by atoms with Crippen molar-refractivity contribution in [2.45, 2.75) is 32.7 Å². The average Bonchev–Trinajstić information content (AvgIpc) is 2.84. The van der Waals surface area contributed by atoms with E-state index in [0.717, 1.165) is 23.6 Å². The van der Waals surface area contributed by atoms with Crippen LogP contribution in [0.5, 0.6) is 5.75 Å². The summed E-state index contributed by atoms with van der Waals surface area (Å²) >= 11 is 6.07. The second kappa shape index (κ2) is 5.98. The third kappa shape index (κ3) is 3.01. The number of halogens is 1. The molecule has 0 fully saturated rings. The second-order valence-electron chi connectivity index (χ2n) is 5.49. The molecule has 0 bridgehead atoms. The van der Waals surface area contributed by atoms with Gasteiger partial charge in [0.05, 0.1) is 12.6 Å². The van der Waals surface area contributed by atoms with Gasteiger partial charge in [-0.3, -0.25) is 0 Å². The smallest absolute Gasteiger partial charge is 0.119 e. The number of rotatable bonds is 4. The lowest BCUT2D eigenvalue weighted by Crippen LogP contribution is -2.08. The highest BCUT2D eigenvalue weighted by Gasteiger charge is 2.22. The summed E-state index contributed by atoms with van der Waals surface area (Å²) in [5.41, 5.74) is 5.12. The van der Waals surface area contributed by atoms with Crippen LogP contribution >= 0.6 is 11.6 Å². The normalized spacial score (nSPS) is 16.6. The Labute approximate surface area is 131 Å². The summed E-state index contributed by atoms with van der Waals surface area (Å²) in [5, 5.41) is 4.48. The lowest BCUT2D eigenvalue weighted by atomic mass is 10.1. The van der Waals surface area contributed by atoms with Crippen LogP contribution in [0.15, 0.2) is 36.4 Å². The highest BCUT2D eigenvalue weighted by atomic mass is 35.5. The van der Waals surface area contributed by atoms with Crippen molar-refractivity contribution in [2.75, 3.05) is 11.9 Å². The van der Waals surface area contributed by atoms with Crippen LogP contribution in [0.1, 0.15) is 36.1 Å². The molecule has 21 heavy (non-hydrogen) atoms. The van der Waals surface area contributed by atoms with E-state index in [1.165, 1.54) is 22.4 Å². The van der Waals surface area contributed by atoms with Gasteiger partial charge in [-0.25, -0.2) is 0 Å². The fourth-order valence-electron chi connectivity index (χ4n) is 2.98. The Morgan fingerprint density at radius 3 is 2.86 bits per heavy atom. The molecule has 1 N–H and O–H groups in total. The highest BCUT2D eigenvalue weighted by Crippen LogP contribution is 2.36. The molecule has 3 heteroatoms. The molecule has 1 atom stereocenters. The molecule has 0 spiro atoms. The Morgan fingerprint density at radius 2 is 2.10 bits per heavy atom. The van der Waals surface area contributed by atoms with E-state index in [2.05, 4.69) is 36.5 Å². The molecule has 0 saturated heterocycles. The van der Waals surface area contributed by atoms with Crippen molar-refractivity contribution < 1.29 is 4.74 Å². The maximum Gasteiger partial charge on any atom is 0.119 e. The van der Waals surface area contributed by atoms with E-state index in [9.17, 15) is 0 Å². The molecule has 2 nitrogen and oxygen atoms in total. The Bertz CT molecular complexity index is 654. The van der Waals surface area contributed by atoms with E-state index in [4.69, 9.17) is 16.3 Å². The standard InChI is InChI=1S/C18H20ClNO/c1-3-21-15-6-9-17(12(2)10-15)20-18-8-4-13-11-14(19)5-7-16(13)18/h5-7,9-11,18,20H,3-4,8H2,1-2H3. The van der Waals surface area contributed by atoms with Crippen molar-refractivity contribution in [3.05, 3.63) is 58.1 Å². The number of fused-ring (bicyclic) bond motifs is 1. The number of benzene rings is 2. The summed E-state index contributed by atoms with van der Waals surface area (Å²) < 4.78 is 5.54. The minimum atomic E-state index is 0.369. The fraction of sp³-hybridized carbons (Fsp3) is 0.333. The summed E-state index contributed by atoms with van der Waals surface area (Å²) in [6.07, 6.45) is 2.20. The molecule has 0 aliphatic heterocycles. The van der Waals surface area contributed by atoms with Crippen LogP contribution in [0.4, 0.5) is 5.69 Å². The molecule has 1 aliphatic rings. The number of anilines is 1. The Balaban J connectivity index is 1.80. The van der Waals surface area contributed by atoms with Gasteiger partial charge < -0.3 is 10.1 Å². The van der Waals surface area contributed by atoms with Gasteiger partial charge in [-0.05, 0) is 73.7 Å². The Kier molecular flexibility index (Phi) is 4.07. The van der Waals surface area contributed by atoms with Gasteiger partial charge in [0.2, 0.25) is 0 Å². The van der Waals surface area contributed by atoms with Gasteiger partial charge in [-0.15, -0.1) is 0 Å². The molecular weight excluding hydrogens is 282 g/mol. The van der Waals surface area contributed by atoms with E-state index in [0.29, 0.717) is 12.6 Å². The maximum absolute atomic E-state index is 6.07. The first-order chi connectivity index (χ1) is 10.2. The Hall–Kier alpha value is -1.67. The van der Waals surface area contributed by atoms with Crippen LogP contribution in [0.25, 0.3) is 0 Å². The second-order valence-corrected chi connectivity index (χ2v) is 5.92. The zero-order valence-corrected chi connectivity index (χ0v) is 13.2.